The number of rotatable bonds is 3. The summed E-state index contributed by atoms with van der Waals surface area (Å²) in [6, 6.07) is 4.29. The molecule has 3 heterocycles. The zero-order chi connectivity index (χ0) is 12.4. The Morgan fingerprint density at radius 3 is 2.94 bits per heavy atom. The standard InChI is InChI=1S/C11H17N7/c1-2-17-7-5-9(6-8-17)12-10-3-4-11-13-15-16-18(11)14-10/h3-4,9H,2,5-8H2,1H3,(H,12,14). The van der Waals surface area contributed by atoms with Gasteiger partial charge >= 0.3 is 0 Å². The molecular weight excluding hydrogens is 230 g/mol. The molecule has 1 aliphatic heterocycles. The summed E-state index contributed by atoms with van der Waals surface area (Å²) in [5.74, 6) is 0.838. The minimum absolute atomic E-state index is 0.495. The molecule has 2 aromatic rings. The first-order valence-corrected chi connectivity index (χ1v) is 6.39. The van der Waals surface area contributed by atoms with Gasteiger partial charge in [-0.25, -0.2) is 0 Å². The van der Waals surface area contributed by atoms with Crippen molar-refractivity contribution in [3.05, 3.63) is 12.1 Å². The number of nitrogens with one attached hydrogen (secondary N) is 1. The molecule has 3 rings (SSSR count). The fourth-order valence-electron chi connectivity index (χ4n) is 2.33. The van der Waals surface area contributed by atoms with Gasteiger partial charge in [0.05, 0.1) is 0 Å². The Hall–Kier alpha value is -1.76. The number of aromatic nitrogens is 5. The maximum absolute atomic E-state index is 4.32. The summed E-state index contributed by atoms with van der Waals surface area (Å²) in [5.41, 5.74) is 0.668. The first-order valence-electron chi connectivity index (χ1n) is 6.39. The van der Waals surface area contributed by atoms with Crippen LogP contribution in [-0.4, -0.2) is 55.8 Å². The third-order valence-electron chi connectivity index (χ3n) is 3.46. The van der Waals surface area contributed by atoms with Crippen LogP contribution in [0.1, 0.15) is 19.8 Å². The van der Waals surface area contributed by atoms with Gasteiger partial charge in [0.25, 0.3) is 0 Å². The molecule has 1 aliphatic rings. The maximum atomic E-state index is 4.32. The lowest BCUT2D eigenvalue weighted by atomic mass is 10.1. The first-order chi connectivity index (χ1) is 8.85. The quantitative estimate of drug-likeness (QED) is 0.847. The number of hydrogen-bond donors (Lipinski definition) is 1. The monoisotopic (exact) mass is 247 g/mol. The largest absolute Gasteiger partial charge is 0.366 e. The summed E-state index contributed by atoms with van der Waals surface area (Å²) in [6.45, 7) is 5.66. The molecule has 18 heavy (non-hydrogen) atoms. The van der Waals surface area contributed by atoms with Gasteiger partial charge in [-0.2, -0.15) is 0 Å². The second-order valence-electron chi connectivity index (χ2n) is 4.60. The SMILES string of the molecule is CCN1CCC(Nc2ccc3nnnn3n2)CC1. The van der Waals surface area contributed by atoms with E-state index in [9.17, 15) is 0 Å². The van der Waals surface area contributed by atoms with Crippen LogP contribution in [0.25, 0.3) is 5.65 Å². The minimum atomic E-state index is 0.495. The highest BCUT2D eigenvalue weighted by Crippen LogP contribution is 2.14. The predicted octanol–water partition coefficient (Wildman–Crippen LogP) is 0.415. The molecule has 2 aromatic heterocycles. The van der Waals surface area contributed by atoms with Crippen molar-refractivity contribution in [2.24, 2.45) is 0 Å². The third-order valence-corrected chi connectivity index (χ3v) is 3.46. The van der Waals surface area contributed by atoms with Crippen molar-refractivity contribution in [2.75, 3.05) is 25.0 Å². The highest BCUT2D eigenvalue weighted by Gasteiger charge is 2.18. The predicted molar refractivity (Wildman–Crippen MR) is 67.3 cm³/mol. The van der Waals surface area contributed by atoms with E-state index in [4.69, 9.17) is 0 Å². The lowest BCUT2D eigenvalue weighted by molar-refractivity contribution is 0.229. The molecule has 96 valence electrons. The van der Waals surface area contributed by atoms with E-state index in [0.717, 1.165) is 38.3 Å². The van der Waals surface area contributed by atoms with Crippen LogP contribution in [0.15, 0.2) is 12.1 Å². The van der Waals surface area contributed by atoms with Crippen molar-refractivity contribution in [3.63, 3.8) is 0 Å². The van der Waals surface area contributed by atoms with Crippen molar-refractivity contribution in [1.29, 1.82) is 0 Å². The van der Waals surface area contributed by atoms with E-state index in [1.807, 2.05) is 12.1 Å². The van der Waals surface area contributed by atoms with Gasteiger partial charge in [0.2, 0.25) is 0 Å². The molecule has 0 aromatic carbocycles. The van der Waals surface area contributed by atoms with E-state index in [1.165, 1.54) is 4.63 Å². The highest BCUT2D eigenvalue weighted by molar-refractivity contribution is 5.42. The Bertz CT molecular complexity index is 515. The molecule has 0 amide bonds. The average Bonchev–Trinajstić information content (AvgIpc) is 2.87. The van der Waals surface area contributed by atoms with Gasteiger partial charge < -0.3 is 10.2 Å². The Balaban J connectivity index is 1.65. The third kappa shape index (κ3) is 2.26. The minimum Gasteiger partial charge on any atom is -0.366 e. The first kappa shape index (κ1) is 11.3. The summed E-state index contributed by atoms with van der Waals surface area (Å²) in [7, 11) is 0. The van der Waals surface area contributed by atoms with Gasteiger partial charge in [-0.3, -0.25) is 0 Å². The lowest BCUT2D eigenvalue weighted by Crippen LogP contribution is -2.39. The Labute approximate surface area is 105 Å². The van der Waals surface area contributed by atoms with Crippen LogP contribution in [0.4, 0.5) is 5.82 Å². The van der Waals surface area contributed by atoms with Crippen molar-refractivity contribution >= 4 is 11.5 Å². The van der Waals surface area contributed by atoms with Gasteiger partial charge in [0, 0.05) is 19.1 Å². The van der Waals surface area contributed by atoms with Crippen LogP contribution >= 0.6 is 0 Å². The number of fused-ring (bicyclic) bond motifs is 1. The zero-order valence-electron chi connectivity index (χ0n) is 10.5. The van der Waals surface area contributed by atoms with E-state index in [2.05, 4.69) is 37.8 Å². The summed E-state index contributed by atoms with van der Waals surface area (Å²) in [5, 5.41) is 19.0. The second-order valence-corrected chi connectivity index (χ2v) is 4.60. The van der Waals surface area contributed by atoms with Gasteiger partial charge in [-0.05, 0) is 41.9 Å². The zero-order valence-corrected chi connectivity index (χ0v) is 10.5. The maximum Gasteiger partial charge on any atom is 0.200 e. The lowest BCUT2D eigenvalue weighted by Gasteiger charge is -2.31. The topological polar surface area (TPSA) is 71.2 Å². The van der Waals surface area contributed by atoms with Gasteiger partial charge in [-0.1, -0.05) is 6.92 Å². The molecule has 0 unspecified atom stereocenters. The second kappa shape index (κ2) is 4.85. The number of piperidine rings is 1. The number of likely N-dealkylation sites (tertiary alicyclic amines) is 1. The fourth-order valence-corrected chi connectivity index (χ4v) is 2.33. The normalized spacial score (nSPS) is 18.3. The van der Waals surface area contributed by atoms with E-state index in [1.54, 1.807) is 0 Å². The van der Waals surface area contributed by atoms with Gasteiger partial charge in [0.15, 0.2) is 5.65 Å². The Morgan fingerprint density at radius 2 is 2.17 bits per heavy atom. The molecule has 0 bridgehead atoms. The van der Waals surface area contributed by atoms with Crippen LogP contribution in [0.2, 0.25) is 0 Å². The molecule has 0 aliphatic carbocycles. The molecule has 7 nitrogen and oxygen atoms in total. The molecule has 0 saturated carbocycles. The summed E-state index contributed by atoms with van der Waals surface area (Å²) >= 11 is 0. The highest BCUT2D eigenvalue weighted by atomic mass is 15.6. The van der Waals surface area contributed by atoms with E-state index >= 15 is 0 Å². The smallest absolute Gasteiger partial charge is 0.200 e. The molecule has 7 heteroatoms. The van der Waals surface area contributed by atoms with E-state index < -0.39 is 0 Å². The molecule has 0 spiro atoms. The number of tetrazole rings is 1. The van der Waals surface area contributed by atoms with E-state index in [-0.39, 0.29) is 0 Å². The molecular formula is C11H17N7. The van der Waals surface area contributed by atoms with Crippen LogP contribution in [0.3, 0.4) is 0 Å². The summed E-state index contributed by atoms with van der Waals surface area (Å²) in [4.78, 5) is 2.47. The van der Waals surface area contributed by atoms with Gasteiger partial charge in [-0.15, -0.1) is 14.8 Å². The van der Waals surface area contributed by atoms with E-state index in [0.29, 0.717) is 11.7 Å². The van der Waals surface area contributed by atoms with Crippen LogP contribution in [-0.2, 0) is 0 Å². The number of hydrogen-bond acceptors (Lipinski definition) is 6. The van der Waals surface area contributed by atoms with Crippen molar-refractivity contribution < 1.29 is 0 Å². The molecule has 1 fully saturated rings. The number of anilines is 1. The Morgan fingerprint density at radius 1 is 1.33 bits per heavy atom. The summed E-state index contributed by atoms with van der Waals surface area (Å²) in [6.07, 6.45) is 2.31. The van der Waals surface area contributed by atoms with Crippen LogP contribution in [0, 0.1) is 0 Å². The van der Waals surface area contributed by atoms with Crippen molar-refractivity contribution in [1.82, 2.24) is 30.2 Å². The van der Waals surface area contributed by atoms with Crippen molar-refractivity contribution in [3.8, 4) is 0 Å². The number of nitrogens with zero attached hydrogens (tertiary/aromatic N) is 6. The molecule has 0 atom stereocenters. The van der Waals surface area contributed by atoms with Crippen molar-refractivity contribution in [2.45, 2.75) is 25.8 Å². The van der Waals surface area contributed by atoms with Crippen LogP contribution in [0.5, 0.6) is 0 Å². The molecule has 1 N–H and O–H groups in total. The molecule has 1 saturated heterocycles. The van der Waals surface area contributed by atoms with Crippen LogP contribution < -0.4 is 5.32 Å². The fraction of sp³-hybridized carbons (Fsp3) is 0.636. The Kier molecular flexibility index (Phi) is 3.06. The molecule has 0 radical (unpaired) electrons. The average molecular weight is 247 g/mol. The van der Waals surface area contributed by atoms with Gasteiger partial charge in [0.1, 0.15) is 5.82 Å². The summed E-state index contributed by atoms with van der Waals surface area (Å²) < 4.78 is 1.45.